The molecule has 0 saturated carbocycles. The number of likely N-dealkylation sites (tertiary alicyclic amines) is 1. The van der Waals surface area contributed by atoms with Crippen LogP contribution in [-0.2, 0) is 39.4 Å². The number of sulfonamides is 1. The Kier molecular flexibility index (Phi) is 12.5. The van der Waals surface area contributed by atoms with E-state index in [0.29, 0.717) is 53.7 Å². The van der Waals surface area contributed by atoms with Gasteiger partial charge >= 0.3 is 5.51 Å². The fourth-order valence-corrected chi connectivity index (χ4v) is 10.3. The van der Waals surface area contributed by atoms with E-state index in [1.807, 2.05) is 60.7 Å². The van der Waals surface area contributed by atoms with Crippen LogP contribution in [0.25, 0.3) is 11.1 Å². The van der Waals surface area contributed by atoms with E-state index < -0.39 is 35.2 Å². The van der Waals surface area contributed by atoms with Crippen molar-refractivity contribution in [3.05, 3.63) is 125 Å². The van der Waals surface area contributed by atoms with E-state index in [4.69, 9.17) is 11.6 Å². The van der Waals surface area contributed by atoms with E-state index in [9.17, 15) is 30.0 Å². The Bertz CT molecular complexity index is 2420. The number of benzene rings is 4. The van der Waals surface area contributed by atoms with Crippen LogP contribution in [-0.4, -0.2) is 80.1 Å². The van der Waals surface area contributed by atoms with Gasteiger partial charge in [-0.2, -0.15) is 13.2 Å². The predicted molar refractivity (Wildman–Crippen MR) is 217 cm³/mol. The second-order valence-corrected chi connectivity index (χ2v) is 19.0. The van der Waals surface area contributed by atoms with Gasteiger partial charge in [-0.1, -0.05) is 66.2 Å². The summed E-state index contributed by atoms with van der Waals surface area (Å²) in [4.78, 5) is 12.5. The number of halogens is 4. The molecule has 0 unspecified atom stereocenters. The largest absolute Gasteiger partial charge is 0.501 e. The molecule has 17 heteroatoms. The normalized spacial score (nSPS) is 15.9. The molecule has 10 nitrogen and oxygen atoms in total. The Morgan fingerprint density at radius 1 is 0.860 bits per heavy atom. The van der Waals surface area contributed by atoms with E-state index in [2.05, 4.69) is 48.0 Å². The van der Waals surface area contributed by atoms with Crippen molar-refractivity contribution >= 4 is 54.7 Å². The molecule has 0 spiro atoms. The van der Waals surface area contributed by atoms with Gasteiger partial charge in [0.1, 0.15) is 17.0 Å². The number of alkyl halides is 3. The highest BCUT2D eigenvalue weighted by molar-refractivity contribution is 7.99. The maximum absolute atomic E-state index is 13.8. The second kappa shape index (κ2) is 17.3. The number of nitrogens with zero attached hydrogens (tertiary/aromatic N) is 4. The van der Waals surface area contributed by atoms with E-state index in [0.717, 1.165) is 55.1 Å². The summed E-state index contributed by atoms with van der Waals surface area (Å²) in [7, 11) is -10.5. The highest BCUT2D eigenvalue weighted by Crippen LogP contribution is 2.37. The SMILES string of the molecule is O=S(=O)(Nc1ncnc2c1CCN(C1CCN(Cc3ccccc3-c3ccc(Cl)cc3)CC1)C2)c1ccc(NCCSc2ccccc2)c(S(=O)(=O)C(F)(F)F)c1. The number of nitrogens with one attached hydrogen (secondary N) is 2. The van der Waals surface area contributed by atoms with Gasteiger partial charge in [-0.05, 0) is 91.5 Å². The number of aromatic nitrogens is 2. The average Bonchev–Trinajstić information content (AvgIpc) is 3.20. The Morgan fingerprint density at radius 2 is 1.58 bits per heavy atom. The van der Waals surface area contributed by atoms with E-state index in [1.165, 1.54) is 29.2 Å². The number of hydrogen-bond donors (Lipinski definition) is 2. The first-order chi connectivity index (χ1) is 27.3. The maximum Gasteiger partial charge on any atom is 0.501 e. The Balaban J connectivity index is 1.00. The molecule has 0 atom stereocenters. The van der Waals surface area contributed by atoms with Gasteiger partial charge in [-0.25, -0.2) is 26.8 Å². The topological polar surface area (TPSA) is 125 Å². The van der Waals surface area contributed by atoms with Gasteiger partial charge in [0.05, 0.1) is 16.3 Å². The third-order valence-electron chi connectivity index (χ3n) is 10.2. The molecule has 2 aliphatic rings. The molecule has 0 amide bonds. The van der Waals surface area contributed by atoms with Crippen LogP contribution in [0.4, 0.5) is 24.7 Å². The van der Waals surface area contributed by atoms with Crippen molar-refractivity contribution in [2.24, 2.45) is 0 Å². The van der Waals surface area contributed by atoms with E-state index >= 15 is 0 Å². The minimum Gasteiger partial charge on any atom is -0.383 e. The molecule has 2 aliphatic heterocycles. The molecule has 2 N–H and O–H groups in total. The molecular formula is C40H40ClF3N6O4S3. The average molecular weight is 857 g/mol. The van der Waals surface area contributed by atoms with Crippen LogP contribution in [0.3, 0.4) is 0 Å². The molecule has 4 aromatic carbocycles. The standard InChI is InChI=1S/C40H40ClF3N6O4S3/c41-30-12-10-28(11-13-30)34-9-5-4-6-29(34)25-49-20-16-31(17-21-49)50-22-18-35-37(26-50)46-27-47-39(35)48-57(53,54)33-14-15-36(38(24-33)56(51,52)40(42,43)44)45-19-23-55-32-7-2-1-3-8-32/h1-15,24,27,31,45H,16-23,25-26H2,(H,46,47,48). The Hall–Kier alpha value is -4.19. The van der Waals surface area contributed by atoms with Crippen LogP contribution < -0.4 is 10.0 Å². The van der Waals surface area contributed by atoms with Crippen LogP contribution in [0.5, 0.6) is 0 Å². The van der Waals surface area contributed by atoms with Crippen molar-refractivity contribution in [3.63, 3.8) is 0 Å². The first-order valence-electron chi connectivity index (χ1n) is 18.3. The van der Waals surface area contributed by atoms with Crippen LogP contribution in [0.2, 0.25) is 5.02 Å². The van der Waals surface area contributed by atoms with E-state index in [-0.39, 0.29) is 18.1 Å². The lowest BCUT2D eigenvalue weighted by molar-refractivity contribution is -0.0435. The number of anilines is 2. The third kappa shape index (κ3) is 9.58. The Morgan fingerprint density at radius 3 is 2.32 bits per heavy atom. The summed E-state index contributed by atoms with van der Waals surface area (Å²) in [6.07, 6.45) is 3.59. The second-order valence-electron chi connectivity index (χ2n) is 13.8. The van der Waals surface area contributed by atoms with Gasteiger partial charge in [0, 0.05) is 53.5 Å². The maximum atomic E-state index is 13.8. The van der Waals surface area contributed by atoms with Crippen LogP contribution in [0.15, 0.2) is 118 Å². The predicted octanol–water partition coefficient (Wildman–Crippen LogP) is 8.12. The monoisotopic (exact) mass is 856 g/mol. The summed E-state index contributed by atoms with van der Waals surface area (Å²) < 4.78 is 96.5. The summed E-state index contributed by atoms with van der Waals surface area (Å²) in [6, 6.07) is 28.5. The zero-order valence-electron chi connectivity index (χ0n) is 30.6. The first-order valence-corrected chi connectivity index (χ1v) is 22.6. The smallest absolute Gasteiger partial charge is 0.383 e. The lowest BCUT2D eigenvalue weighted by Gasteiger charge is -2.40. The van der Waals surface area contributed by atoms with Crippen molar-refractivity contribution < 1.29 is 30.0 Å². The first kappa shape index (κ1) is 41.0. The zero-order chi connectivity index (χ0) is 40.2. The van der Waals surface area contributed by atoms with Crippen LogP contribution >= 0.6 is 23.4 Å². The molecule has 57 heavy (non-hydrogen) atoms. The number of rotatable bonds is 13. The van der Waals surface area contributed by atoms with E-state index in [1.54, 1.807) is 0 Å². The number of hydrogen-bond acceptors (Lipinski definition) is 10. The summed E-state index contributed by atoms with van der Waals surface area (Å²) in [5, 5.41) is 3.44. The van der Waals surface area contributed by atoms with Crippen LogP contribution in [0, 0.1) is 0 Å². The van der Waals surface area contributed by atoms with Gasteiger partial charge in [0.15, 0.2) is 0 Å². The fourth-order valence-electron chi connectivity index (χ4n) is 7.25. The van der Waals surface area contributed by atoms with Crippen molar-refractivity contribution in [2.75, 3.05) is 42.0 Å². The molecule has 1 saturated heterocycles. The van der Waals surface area contributed by atoms with Crippen molar-refractivity contribution in [2.45, 2.75) is 58.6 Å². The van der Waals surface area contributed by atoms with Crippen LogP contribution in [0.1, 0.15) is 29.7 Å². The van der Waals surface area contributed by atoms with Gasteiger partial charge in [0.25, 0.3) is 19.9 Å². The number of thioether (sulfide) groups is 1. The van der Waals surface area contributed by atoms with Gasteiger partial charge < -0.3 is 5.32 Å². The minimum atomic E-state index is -5.92. The number of sulfone groups is 1. The quantitative estimate of drug-likeness (QED) is 0.0887. The molecule has 5 aromatic rings. The zero-order valence-corrected chi connectivity index (χ0v) is 33.8. The fraction of sp³-hybridized carbons (Fsp3) is 0.300. The van der Waals surface area contributed by atoms with Crippen molar-refractivity contribution in [1.82, 2.24) is 19.8 Å². The van der Waals surface area contributed by atoms with Crippen molar-refractivity contribution in [3.8, 4) is 11.1 Å². The molecule has 300 valence electrons. The minimum absolute atomic E-state index is 0.00851. The van der Waals surface area contributed by atoms with Gasteiger partial charge in [-0.15, -0.1) is 11.8 Å². The molecule has 7 rings (SSSR count). The summed E-state index contributed by atoms with van der Waals surface area (Å²) in [5.41, 5.74) is -1.22. The molecule has 1 fully saturated rings. The highest BCUT2D eigenvalue weighted by atomic mass is 35.5. The third-order valence-corrected chi connectivity index (χ3v) is 14.3. The number of piperidine rings is 1. The molecule has 1 aromatic heterocycles. The number of fused-ring (bicyclic) bond motifs is 1. The summed E-state index contributed by atoms with van der Waals surface area (Å²) in [6.45, 7) is 3.87. The van der Waals surface area contributed by atoms with Crippen molar-refractivity contribution in [1.29, 1.82) is 0 Å². The highest BCUT2D eigenvalue weighted by Gasteiger charge is 2.48. The molecule has 3 heterocycles. The summed E-state index contributed by atoms with van der Waals surface area (Å²) in [5.74, 6) is 0.419. The molecule has 0 radical (unpaired) electrons. The lowest BCUT2D eigenvalue weighted by Crippen LogP contribution is -2.46. The molecular weight excluding hydrogens is 817 g/mol. The summed E-state index contributed by atoms with van der Waals surface area (Å²) >= 11 is 7.55. The van der Waals surface area contributed by atoms with Gasteiger partial charge in [-0.3, -0.25) is 14.5 Å². The lowest BCUT2D eigenvalue weighted by atomic mass is 9.96. The molecule has 0 aliphatic carbocycles. The Labute approximate surface area is 339 Å². The molecule has 0 bridgehead atoms. The van der Waals surface area contributed by atoms with Gasteiger partial charge in [0.2, 0.25) is 0 Å².